The van der Waals surface area contributed by atoms with Crippen molar-refractivity contribution < 1.29 is 4.90 Å². The van der Waals surface area contributed by atoms with Gasteiger partial charge in [-0.1, -0.05) is 11.6 Å². The second-order valence-electron chi connectivity index (χ2n) is 3.62. The van der Waals surface area contributed by atoms with Crippen molar-refractivity contribution in [1.82, 2.24) is 4.98 Å². The van der Waals surface area contributed by atoms with Crippen molar-refractivity contribution >= 4 is 11.6 Å². The summed E-state index contributed by atoms with van der Waals surface area (Å²) in [4.78, 5) is 5.74. The van der Waals surface area contributed by atoms with Crippen molar-refractivity contribution in [2.24, 2.45) is 0 Å². The van der Waals surface area contributed by atoms with Crippen LogP contribution in [0.5, 0.6) is 0 Å². The molecule has 0 spiro atoms. The number of hydrogen-bond acceptors (Lipinski definition) is 1. The zero-order chi connectivity index (χ0) is 9.10. The maximum atomic E-state index is 5.71. The molecule has 1 aromatic rings. The van der Waals surface area contributed by atoms with Crippen LogP contribution in [0.25, 0.3) is 0 Å². The lowest BCUT2D eigenvalue weighted by atomic mass is 10.3. The monoisotopic (exact) mass is 197 g/mol. The molecule has 2 heterocycles. The molecule has 1 fully saturated rings. The Bertz CT molecular complexity index is 265. The van der Waals surface area contributed by atoms with Crippen molar-refractivity contribution in [1.29, 1.82) is 0 Å². The Morgan fingerprint density at radius 2 is 2.08 bits per heavy atom. The van der Waals surface area contributed by atoms with Gasteiger partial charge in [-0.3, -0.25) is 0 Å². The molecule has 0 unspecified atom stereocenters. The van der Waals surface area contributed by atoms with Crippen LogP contribution in [0.3, 0.4) is 0 Å². The Hall–Kier alpha value is -0.600. The van der Waals surface area contributed by atoms with E-state index in [-0.39, 0.29) is 0 Å². The van der Waals surface area contributed by atoms with E-state index in [0.29, 0.717) is 5.15 Å². The van der Waals surface area contributed by atoms with Crippen LogP contribution in [0.1, 0.15) is 18.4 Å². The van der Waals surface area contributed by atoms with Crippen LogP contribution >= 0.6 is 11.6 Å². The van der Waals surface area contributed by atoms with E-state index in [9.17, 15) is 0 Å². The van der Waals surface area contributed by atoms with Crippen molar-refractivity contribution in [3.8, 4) is 0 Å². The Balaban J connectivity index is 1.97. The fourth-order valence-electron chi connectivity index (χ4n) is 1.85. The SMILES string of the molecule is Clc1ccc(C[NH+]2CCCC2)cn1. The Kier molecular flexibility index (Phi) is 2.81. The highest BCUT2D eigenvalue weighted by molar-refractivity contribution is 6.29. The van der Waals surface area contributed by atoms with Crippen LogP contribution in [0, 0.1) is 0 Å². The molecule has 0 radical (unpaired) electrons. The first-order valence-corrected chi connectivity index (χ1v) is 5.16. The van der Waals surface area contributed by atoms with E-state index < -0.39 is 0 Å². The van der Waals surface area contributed by atoms with Gasteiger partial charge < -0.3 is 4.90 Å². The molecular weight excluding hydrogens is 184 g/mol. The molecule has 1 N–H and O–H groups in total. The van der Waals surface area contributed by atoms with Crippen LogP contribution in [0.2, 0.25) is 5.15 Å². The predicted octanol–water partition coefficient (Wildman–Crippen LogP) is 0.914. The second kappa shape index (κ2) is 4.07. The average Bonchev–Trinajstić information content (AvgIpc) is 2.62. The summed E-state index contributed by atoms with van der Waals surface area (Å²) in [7, 11) is 0. The first kappa shape index (κ1) is 8.97. The fourth-order valence-corrected chi connectivity index (χ4v) is 1.96. The molecule has 2 rings (SSSR count). The molecule has 3 heteroatoms. The van der Waals surface area contributed by atoms with Gasteiger partial charge in [-0.05, 0) is 12.1 Å². The first-order valence-electron chi connectivity index (χ1n) is 4.78. The zero-order valence-corrected chi connectivity index (χ0v) is 8.35. The van der Waals surface area contributed by atoms with E-state index in [2.05, 4.69) is 11.1 Å². The summed E-state index contributed by atoms with van der Waals surface area (Å²) in [5, 5.41) is 0.583. The summed E-state index contributed by atoms with van der Waals surface area (Å²) in [5.74, 6) is 0. The molecule has 0 aromatic carbocycles. The highest BCUT2D eigenvalue weighted by Crippen LogP contribution is 2.04. The lowest BCUT2D eigenvalue weighted by Gasteiger charge is -2.11. The van der Waals surface area contributed by atoms with Gasteiger partial charge in [0.2, 0.25) is 0 Å². The average molecular weight is 198 g/mol. The number of halogens is 1. The maximum Gasteiger partial charge on any atom is 0.129 e. The van der Waals surface area contributed by atoms with Gasteiger partial charge in [0.05, 0.1) is 13.1 Å². The number of rotatable bonds is 2. The van der Waals surface area contributed by atoms with Crippen molar-refractivity contribution in [3.63, 3.8) is 0 Å². The van der Waals surface area contributed by atoms with Crippen LogP contribution in [-0.2, 0) is 6.54 Å². The van der Waals surface area contributed by atoms with Gasteiger partial charge in [0, 0.05) is 24.6 Å². The number of aromatic nitrogens is 1. The summed E-state index contributed by atoms with van der Waals surface area (Å²) in [6.07, 6.45) is 4.63. The predicted molar refractivity (Wildman–Crippen MR) is 52.9 cm³/mol. The van der Waals surface area contributed by atoms with Gasteiger partial charge in [-0.2, -0.15) is 0 Å². The molecule has 0 saturated carbocycles. The third-order valence-electron chi connectivity index (χ3n) is 2.55. The number of pyridine rings is 1. The molecule has 1 aliphatic heterocycles. The molecule has 70 valence electrons. The molecular formula is C10H14ClN2+. The first-order chi connectivity index (χ1) is 6.34. The van der Waals surface area contributed by atoms with Crippen molar-refractivity contribution in [2.75, 3.05) is 13.1 Å². The summed E-state index contributed by atoms with van der Waals surface area (Å²) in [6.45, 7) is 3.72. The molecule has 2 nitrogen and oxygen atoms in total. The lowest BCUT2D eigenvalue weighted by molar-refractivity contribution is -0.901. The summed E-state index contributed by atoms with van der Waals surface area (Å²) in [5.41, 5.74) is 1.29. The number of quaternary nitrogens is 1. The minimum atomic E-state index is 0.583. The Morgan fingerprint density at radius 1 is 1.31 bits per heavy atom. The second-order valence-corrected chi connectivity index (χ2v) is 4.01. The van der Waals surface area contributed by atoms with E-state index in [4.69, 9.17) is 11.6 Å². The third kappa shape index (κ3) is 2.42. The van der Waals surface area contributed by atoms with E-state index in [0.717, 1.165) is 6.54 Å². The molecule has 0 aliphatic carbocycles. The highest BCUT2D eigenvalue weighted by atomic mass is 35.5. The van der Waals surface area contributed by atoms with Gasteiger partial charge in [0.1, 0.15) is 11.7 Å². The topological polar surface area (TPSA) is 17.3 Å². The van der Waals surface area contributed by atoms with Gasteiger partial charge in [0.25, 0.3) is 0 Å². The number of nitrogens with one attached hydrogen (secondary N) is 1. The minimum Gasteiger partial charge on any atom is -0.331 e. The van der Waals surface area contributed by atoms with Gasteiger partial charge in [0.15, 0.2) is 0 Å². The summed E-state index contributed by atoms with van der Waals surface area (Å²) in [6, 6.07) is 3.94. The Morgan fingerprint density at radius 3 is 2.69 bits per heavy atom. The molecule has 1 aliphatic rings. The minimum absolute atomic E-state index is 0.583. The molecule has 13 heavy (non-hydrogen) atoms. The molecule has 0 bridgehead atoms. The smallest absolute Gasteiger partial charge is 0.129 e. The molecule has 1 saturated heterocycles. The summed E-state index contributed by atoms with van der Waals surface area (Å²) < 4.78 is 0. The largest absolute Gasteiger partial charge is 0.331 e. The van der Waals surface area contributed by atoms with Crippen LogP contribution < -0.4 is 4.90 Å². The maximum absolute atomic E-state index is 5.71. The van der Waals surface area contributed by atoms with Gasteiger partial charge in [-0.25, -0.2) is 4.98 Å². The van der Waals surface area contributed by atoms with Crippen LogP contribution in [-0.4, -0.2) is 18.1 Å². The van der Waals surface area contributed by atoms with Crippen molar-refractivity contribution in [3.05, 3.63) is 29.0 Å². The lowest BCUT2D eigenvalue weighted by Crippen LogP contribution is -3.08. The molecule has 1 aromatic heterocycles. The van der Waals surface area contributed by atoms with E-state index in [1.54, 1.807) is 4.90 Å². The molecule has 0 atom stereocenters. The summed E-state index contributed by atoms with van der Waals surface area (Å²) >= 11 is 5.71. The zero-order valence-electron chi connectivity index (χ0n) is 7.59. The number of hydrogen-bond donors (Lipinski definition) is 1. The van der Waals surface area contributed by atoms with E-state index in [1.807, 2.05) is 12.3 Å². The third-order valence-corrected chi connectivity index (χ3v) is 2.78. The number of likely N-dealkylation sites (tertiary alicyclic amines) is 1. The number of nitrogens with zero attached hydrogens (tertiary/aromatic N) is 1. The van der Waals surface area contributed by atoms with Crippen LogP contribution in [0.15, 0.2) is 18.3 Å². The Labute approximate surface area is 83.5 Å². The van der Waals surface area contributed by atoms with Gasteiger partial charge >= 0.3 is 0 Å². The van der Waals surface area contributed by atoms with Crippen molar-refractivity contribution in [2.45, 2.75) is 19.4 Å². The van der Waals surface area contributed by atoms with Gasteiger partial charge in [-0.15, -0.1) is 0 Å². The highest BCUT2D eigenvalue weighted by Gasteiger charge is 2.15. The molecule has 0 amide bonds. The fraction of sp³-hybridized carbons (Fsp3) is 0.500. The normalized spacial score (nSPS) is 17.9. The standard InChI is InChI=1S/C10H13ClN2/c11-10-4-3-9(7-12-10)8-13-5-1-2-6-13/h3-4,7H,1-2,5-6,8H2/p+1. The van der Waals surface area contributed by atoms with E-state index >= 15 is 0 Å². The van der Waals surface area contributed by atoms with E-state index in [1.165, 1.54) is 31.5 Å². The quantitative estimate of drug-likeness (QED) is 0.698. The van der Waals surface area contributed by atoms with Crippen LogP contribution in [0.4, 0.5) is 0 Å².